The molecule has 4 nitrogen and oxygen atoms in total. The molecule has 1 aromatic rings. The van der Waals surface area contributed by atoms with Crippen molar-refractivity contribution >= 4 is 21.8 Å². The first-order chi connectivity index (χ1) is 9.35. The Bertz CT molecular complexity index is 503. The lowest BCUT2D eigenvalue weighted by Gasteiger charge is -2.30. The molecule has 0 saturated carbocycles. The predicted octanol–water partition coefficient (Wildman–Crippen LogP) is 2.96. The Morgan fingerprint density at radius 2 is 2.05 bits per heavy atom. The number of alkyl halides is 3. The number of benzene rings is 1. The first-order valence-corrected chi connectivity index (χ1v) is 6.60. The van der Waals surface area contributed by atoms with Crippen LogP contribution in [-0.2, 0) is 4.79 Å². The number of halogens is 4. The van der Waals surface area contributed by atoms with Crippen molar-refractivity contribution in [3.05, 3.63) is 22.7 Å². The second-order valence-corrected chi connectivity index (χ2v) is 5.02. The molecule has 1 saturated heterocycles. The van der Waals surface area contributed by atoms with Crippen LogP contribution in [0.15, 0.2) is 22.7 Å². The van der Waals surface area contributed by atoms with Crippen LogP contribution in [0.3, 0.4) is 0 Å². The molecule has 110 valence electrons. The molecule has 0 bridgehead atoms. The van der Waals surface area contributed by atoms with Gasteiger partial charge in [-0.1, -0.05) is 0 Å². The zero-order valence-corrected chi connectivity index (χ0v) is 11.8. The van der Waals surface area contributed by atoms with Gasteiger partial charge in [-0.3, -0.25) is 4.79 Å². The number of hydrogen-bond donors (Lipinski definition) is 0. The summed E-state index contributed by atoms with van der Waals surface area (Å²) in [6.45, 7) is 1.31. The first-order valence-electron chi connectivity index (χ1n) is 5.81. The minimum absolute atomic E-state index is 0.140. The largest absolute Gasteiger partial charge is 0.573 e. The lowest BCUT2D eigenvalue weighted by atomic mass is 10.2. The average molecular weight is 354 g/mol. The van der Waals surface area contributed by atoms with E-state index in [4.69, 9.17) is 4.74 Å². The van der Waals surface area contributed by atoms with Crippen LogP contribution in [0.2, 0.25) is 0 Å². The van der Waals surface area contributed by atoms with Crippen molar-refractivity contribution < 1.29 is 27.4 Å². The van der Waals surface area contributed by atoms with Crippen LogP contribution in [-0.4, -0.2) is 36.9 Å². The zero-order chi connectivity index (χ0) is 14.8. The maximum absolute atomic E-state index is 12.0. The van der Waals surface area contributed by atoms with Gasteiger partial charge in [0.2, 0.25) is 0 Å². The molecule has 0 radical (unpaired) electrons. The number of carbonyl (C=O) groups is 1. The van der Waals surface area contributed by atoms with E-state index in [2.05, 4.69) is 20.7 Å². The Morgan fingerprint density at radius 1 is 1.35 bits per heavy atom. The molecule has 0 aromatic heterocycles. The van der Waals surface area contributed by atoms with Crippen LogP contribution in [0, 0.1) is 0 Å². The third-order valence-corrected chi connectivity index (χ3v) is 3.32. The molecule has 2 rings (SSSR count). The van der Waals surface area contributed by atoms with Gasteiger partial charge >= 0.3 is 6.36 Å². The third kappa shape index (κ3) is 4.03. The van der Waals surface area contributed by atoms with Gasteiger partial charge in [-0.25, -0.2) is 0 Å². The maximum atomic E-state index is 12.0. The Labute approximate surface area is 121 Å². The molecule has 1 fully saturated rings. The third-order valence-electron chi connectivity index (χ3n) is 2.70. The molecule has 1 aromatic carbocycles. The summed E-state index contributed by atoms with van der Waals surface area (Å²) in [7, 11) is 0. The Morgan fingerprint density at radius 3 is 2.55 bits per heavy atom. The monoisotopic (exact) mass is 353 g/mol. The topological polar surface area (TPSA) is 38.8 Å². The number of nitrogens with zero attached hydrogens (tertiary/aromatic N) is 1. The molecule has 0 spiro atoms. The molecule has 0 atom stereocenters. The lowest BCUT2D eigenvalue weighted by molar-refractivity contribution is -0.274. The van der Waals surface area contributed by atoms with Gasteiger partial charge < -0.3 is 14.4 Å². The predicted molar refractivity (Wildman–Crippen MR) is 67.5 cm³/mol. The van der Waals surface area contributed by atoms with Gasteiger partial charge in [0.05, 0.1) is 4.47 Å². The van der Waals surface area contributed by atoms with Crippen LogP contribution in [0.4, 0.5) is 13.2 Å². The van der Waals surface area contributed by atoms with Gasteiger partial charge in [0.1, 0.15) is 11.5 Å². The number of rotatable bonds is 4. The smallest absolute Gasteiger partial charge is 0.483 e. The Hall–Kier alpha value is -1.44. The highest BCUT2D eigenvalue weighted by molar-refractivity contribution is 9.10. The van der Waals surface area contributed by atoms with Crippen molar-refractivity contribution in [3.8, 4) is 11.5 Å². The molecule has 20 heavy (non-hydrogen) atoms. The highest BCUT2D eigenvalue weighted by Crippen LogP contribution is 2.32. The number of carbonyl (C=O) groups excluding carboxylic acids is 1. The van der Waals surface area contributed by atoms with E-state index < -0.39 is 6.36 Å². The summed E-state index contributed by atoms with van der Waals surface area (Å²) in [6, 6.07) is 3.58. The van der Waals surface area contributed by atoms with E-state index in [1.54, 1.807) is 4.90 Å². The summed E-state index contributed by atoms with van der Waals surface area (Å²) in [5.41, 5.74) is 0. The van der Waals surface area contributed by atoms with Gasteiger partial charge in [0.25, 0.3) is 5.91 Å². The summed E-state index contributed by atoms with van der Waals surface area (Å²) in [5, 5.41) is 0. The number of amides is 1. The van der Waals surface area contributed by atoms with E-state index in [9.17, 15) is 18.0 Å². The quantitative estimate of drug-likeness (QED) is 0.835. The fourth-order valence-electron chi connectivity index (χ4n) is 1.59. The van der Waals surface area contributed by atoms with Crippen molar-refractivity contribution in [3.63, 3.8) is 0 Å². The van der Waals surface area contributed by atoms with E-state index in [0.717, 1.165) is 31.6 Å². The van der Waals surface area contributed by atoms with Crippen molar-refractivity contribution in [2.75, 3.05) is 19.7 Å². The van der Waals surface area contributed by atoms with Crippen molar-refractivity contribution in [1.82, 2.24) is 4.90 Å². The molecule has 0 unspecified atom stereocenters. The van der Waals surface area contributed by atoms with Crippen LogP contribution in [0.5, 0.6) is 11.5 Å². The number of likely N-dealkylation sites (tertiary alicyclic amines) is 1. The minimum Gasteiger partial charge on any atom is -0.483 e. The second kappa shape index (κ2) is 5.90. The zero-order valence-electron chi connectivity index (χ0n) is 10.2. The summed E-state index contributed by atoms with van der Waals surface area (Å²) < 4.78 is 45.4. The van der Waals surface area contributed by atoms with E-state index >= 15 is 0 Å². The SMILES string of the molecule is O=C(COc1ccc(OC(F)(F)F)cc1Br)N1CCC1. The highest BCUT2D eigenvalue weighted by atomic mass is 79.9. The fourth-order valence-corrected chi connectivity index (χ4v) is 2.06. The molecular formula is C12H11BrF3NO3. The number of ether oxygens (including phenoxy) is 2. The summed E-state index contributed by atoms with van der Waals surface area (Å²) in [6.07, 6.45) is -3.76. The molecule has 1 aliphatic rings. The molecule has 1 amide bonds. The Balaban J connectivity index is 1.93. The molecule has 8 heteroatoms. The van der Waals surface area contributed by atoms with Crippen LogP contribution >= 0.6 is 15.9 Å². The molecule has 1 aliphatic heterocycles. The van der Waals surface area contributed by atoms with Gasteiger partial charge in [0, 0.05) is 13.1 Å². The lowest BCUT2D eigenvalue weighted by Crippen LogP contribution is -2.44. The van der Waals surface area contributed by atoms with Crippen molar-refractivity contribution in [2.45, 2.75) is 12.8 Å². The highest BCUT2D eigenvalue weighted by Gasteiger charge is 2.31. The summed E-state index contributed by atoms with van der Waals surface area (Å²) in [4.78, 5) is 13.2. The molecular weight excluding hydrogens is 343 g/mol. The van der Waals surface area contributed by atoms with Crippen LogP contribution in [0.25, 0.3) is 0 Å². The van der Waals surface area contributed by atoms with Crippen molar-refractivity contribution in [1.29, 1.82) is 0 Å². The summed E-state index contributed by atoms with van der Waals surface area (Å²) in [5.74, 6) is -0.210. The average Bonchev–Trinajstić information content (AvgIpc) is 2.23. The fraction of sp³-hybridized carbons (Fsp3) is 0.417. The van der Waals surface area contributed by atoms with Gasteiger partial charge in [-0.15, -0.1) is 13.2 Å². The standard InChI is InChI=1S/C12H11BrF3NO3/c13-9-6-8(20-12(14,15)16)2-3-10(9)19-7-11(18)17-4-1-5-17/h2-3,6H,1,4-5,7H2. The van der Waals surface area contributed by atoms with E-state index in [-0.39, 0.29) is 28.5 Å². The first kappa shape index (κ1) is 15.0. The van der Waals surface area contributed by atoms with E-state index in [1.165, 1.54) is 6.07 Å². The van der Waals surface area contributed by atoms with Gasteiger partial charge in [-0.2, -0.15) is 0 Å². The minimum atomic E-state index is -4.74. The van der Waals surface area contributed by atoms with Gasteiger partial charge in [0.15, 0.2) is 6.61 Å². The molecule has 1 heterocycles. The maximum Gasteiger partial charge on any atom is 0.573 e. The molecule has 0 N–H and O–H groups in total. The molecule has 0 aliphatic carbocycles. The van der Waals surface area contributed by atoms with Crippen LogP contribution in [0.1, 0.15) is 6.42 Å². The van der Waals surface area contributed by atoms with E-state index in [0.29, 0.717) is 0 Å². The Kier molecular flexibility index (Phi) is 4.42. The second-order valence-electron chi connectivity index (χ2n) is 4.16. The normalized spacial score (nSPS) is 14.7. The van der Waals surface area contributed by atoms with Crippen LogP contribution < -0.4 is 9.47 Å². The van der Waals surface area contributed by atoms with E-state index in [1.807, 2.05) is 0 Å². The summed E-state index contributed by atoms with van der Waals surface area (Å²) >= 11 is 3.08. The van der Waals surface area contributed by atoms with Crippen molar-refractivity contribution in [2.24, 2.45) is 0 Å². The number of hydrogen-bond acceptors (Lipinski definition) is 3. The van der Waals surface area contributed by atoms with Gasteiger partial charge in [-0.05, 0) is 40.5 Å².